The molecule has 0 spiro atoms. The third-order valence-electron chi connectivity index (χ3n) is 5.04. The number of carbonyl (C=O) groups excluding carboxylic acids is 1. The Morgan fingerprint density at radius 3 is 2.24 bits per heavy atom. The molecule has 29 heavy (non-hydrogen) atoms. The number of thioether (sulfide) groups is 1. The molecule has 0 unspecified atom stereocenters. The fraction of sp³-hybridized carbons (Fsp3) is 0.458. The summed E-state index contributed by atoms with van der Waals surface area (Å²) >= 11 is 1.87. The summed E-state index contributed by atoms with van der Waals surface area (Å²) in [6.07, 6.45) is 0. The summed E-state index contributed by atoms with van der Waals surface area (Å²) in [4.78, 5) is 17.2. The van der Waals surface area contributed by atoms with Crippen LogP contribution in [0.5, 0.6) is 0 Å². The van der Waals surface area contributed by atoms with Gasteiger partial charge in [0.1, 0.15) is 0 Å². The maximum Gasteiger partial charge on any atom is 0.251 e. The number of para-hydroxylation sites is 1. The fourth-order valence-corrected chi connectivity index (χ4v) is 4.26. The van der Waals surface area contributed by atoms with Crippen LogP contribution in [0.25, 0.3) is 0 Å². The van der Waals surface area contributed by atoms with E-state index < -0.39 is 0 Å². The van der Waals surface area contributed by atoms with Crippen LogP contribution in [0, 0.1) is 0 Å². The Kier molecular flexibility index (Phi) is 7.62. The lowest BCUT2D eigenvalue weighted by molar-refractivity contribution is 0.0956. The van der Waals surface area contributed by atoms with E-state index in [1.807, 2.05) is 23.9 Å². The lowest BCUT2D eigenvalue weighted by Gasteiger charge is -2.36. The molecule has 1 aliphatic rings. The fourth-order valence-electron chi connectivity index (χ4n) is 3.45. The molecule has 0 aliphatic carbocycles. The van der Waals surface area contributed by atoms with Gasteiger partial charge in [-0.2, -0.15) is 11.8 Å². The molecule has 0 saturated carbocycles. The summed E-state index contributed by atoms with van der Waals surface area (Å²) in [6.45, 7) is 12.4. The van der Waals surface area contributed by atoms with E-state index in [0.29, 0.717) is 6.54 Å². The molecule has 5 heteroatoms. The molecular formula is C24H33N3OS. The van der Waals surface area contributed by atoms with Gasteiger partial charge in [0.2, 0.25) is 0 Å². The molecule has 156 valence electrons. The quantitative estimate of drug-likeness (QED) is 0.690. The molecule has 3 rings (SSSR count). The van der Waals surface area contributed by atoms with Crippen LogP contribution in [-0.2, 0) is 6.54 Å². The number of hydrogen-bond acceptors (Lipinski definition) is 4. The van der Waals surface area contributed by atoms with Crippen LogP contribution in [0.3, 0.4) is 0 Å². The van der Waals surface area contributed by atoms with Gasteiger partial charge >= 0.3 is 0 Å². The standard InChI is InChI=1S/C24H33N3OS/c1-24(2,3)29-18-13-25-23(28)21-11-9-20(10-12-21)19-26-14-16-27(17-15-26)22-7-5-4-6-8-22/h4-12H,13-19H2,1-3H3,(H,25,28). The van der Waals surface area contributed by atoms with Crippen LogP contribution in [0.1, 0.15) is 36.7 Å². The minimum absolute atomic E-state index is 0.0162. The Bertz CT molecular complexity index is 763. The number of piperazine rings is 1. The first-order chi connectivity index (χ1) is 13.9. The van der Waals surface area contributed by atoms with E-state index in [9.17, 15) is 4.79 Å². The van der Waals surface area contributed by atoms with Crippen molar-refractivity contribution in [1.82, 2.24) is 10.2 Å². The first-order valence-electron chi connectivity index (χ1n) is 10.4. The molecular weight excluding hydrogens is 378 g/mol. The number of rotatable bonds is 7. The summed E-state index contributed by atoms with van der Waals surface area (Å²) in [5.74, 6) is 0.949. The van der Waals surface area contributed by atoms with Crippen LogP contribution < -0.4 is 10.2 Å². The highest BCUT2D eigenvalue weighted by Gasteiger charge is 2.17. The van der Waals surface area contributed by atoms with Gasteiger partial charge in [0.25, 0.3) is 5.91 Å². The Balaban J connectivity index is 1.42. The smallest absolute Gasteiger partial charge is 0.251 e. The Morgan fingerprint density at radius 2 is 1.62 bits per heavy atom. The predicted molar refractivity (Wildman–Crippen MR) is 125 cm³/mol. The van der Waals surface area contributed by atoms with Crippen molar-refractivity contribution >= 4 is 23.4 Å². The molecule has 0 atom stereocenters. The van der Waals surface area contributed by atoms with Gasteiger partial charge in [-0.1, -0.05) is 51.1 Å². The normalized spacial score (nSPS) is 15.3. The Labute approximate surface area is 179 Å². The molecule has 1 amide bonds. The van der Waals surface area contributed by atoms with E-state index in [1.54, 1.807) is 0 Å². The zero-order valence-electron chi connectivity index (χ0n) is 17.9. The van der Waals surface area contributed by atoms with Crippen molar-refractivity contribution < 1.29 is 4.79 Å². The van der Waals surface area contributed by atoms with Gasteiger partial charge in [-0.15, -0.1) is 0 Å². The maximum absolute atomic E-state index is 12.3. The third-order valence-corrected chi connectivity index (χ3v) is 6.31. The Morgan fingerprint density at radius 1 is 0.966 bits per heavy atom. The highest BCUT2D eigenvalue weighted by atomic mass is 32.2. The first-order valence-corrected chi connectivity index (χ1v) is 11.4. The number of hydrogen-bond donors (Lipinski definition) is 1. The van der Waals surface area contributed by atoms with Crippen molar-refractivity contribution in [3.8, 4) is 0 Å². The van der Waals surface area contributed by atoms with Gasteiger partial charge < -0.3 is 10.2 Å². The van der Waals surface area contributed by atoms with Crippen molar-refractivity contribution in [3.63, 3.8) is 0 Å². The number of anilines is 1. The minimum Gasteiger partial charge on any atom is -0.369 e. The van der Waals surface area contributed by atoms with E-state index in [2.05, 4.69) is 78.4 Å². The van der Waals surface area contributed by atoms with Crippen molar-refractivity contribution in [3.05, 3.63) is 65.7 Å². The summed E-state index contributed by atoms with van der Waals surface area (Å²) < 4.78 is 0.235. The Hall–Kier alpha value is -1.98. The van der Waals surface area contributed by atoms with E-state index in [-0.39, 0.29) is 10.7 Å². The highest BCUT2D eigenvalue weighted by molar-refractivity contribution is 8.00. The van der Waals surface area contributed by atoms with Crippen LogP contribution in [0.2, 0.25) is 0 Å². The van der Waals surface area contributed by atoms with E-state index >= 15 is 0 Å². The molecule has 4 nitrogen and oxygen atoms in total. The molecule has 1 N–H and O–H groups in total. The van der Waals surface area contributed by atoms with Crippen LogP contribution in [0.4, 0.5) is 5.69 Å². The largest absolute Gasteiger partial charge is 0.369 e. The highest BCUT2D eigenvalue weighted by Crippen LogP contribution is 2.22. The summed E-state index contributed by atoms with van der Waals surface area (Å²) in [5.41, 5.74) is 3.31. The van der Waals surface area contributed by atoms with Gasteiger partial charge in [-0.25, -0.2) is 0 Å². The van der Waals surface area contributed by atoms with Crippen LogP contribution in [0.15, 0.2) is 54.6 Å². The van der Waals surface area contributed by atoms with Gasteiger partial charge in [-0.05, 0) is 29.8 Å². The summed E-state index contributed by atoms with van der Waals surface area (Å²) in [5, 5.41) is 3.02. The second-order valence-electron chi connectivity index (χ2n) is 8.51. The molecule has 1 aliphatic heterocycles. The molecule has 1 fully saturated rings. The second-order valence-corrected chi connectivity index (χ2v) is 10.4. The summed E-state index contributed by atoms with van der Waals surface area (Å²) in [7, 11) is 0. The molecule has 0 radical (unpaired) electrons. The minimum atomic E-state index is 0.0162. The monoisotopic (exact) mass is 411 g/mol. The first kappa shape index (κ1) is 21.7. The average Bonchev–Trinajstić information content (AvgIpc) is 2.72. The SMILES string of the molecule is CC(C)(C)SCCNC(=O)c1ccc(CN2CCN(c3ccccc3)CC2)cc1. The topological polar surface area (TPSA) is 35.6 Å². The zero-order valence-corrected chi connectivity index (χ0v) is 18.7. The lowest BCUT2D eigenvalue weighted by Crippen LogP contribution is -2.45. The molecule has 1 heterocycles. The van der Waals surface area contributed by atoms with Crippen molar-refractivity contribution in [2.24, 2.45) is 0 Å². The third kappa shape index (κ3) is 7.09. The van der Waals surface area contributed by atoms with E-state index in [4.69, 9.17) is 0 Å². The van der Waals surface area contributed by atoms with Crippen molar-refractivity contribution in [2.45, 2.75) is 32.1 Å². The summed E-state index contributed by atoms with van der Waals surface area (Å²) in [6, 6.07) is 18.7. The molecule has 0 bridgehead atoms. The maximum atomic E-state index is 12.3. The molecule has 2 aromatic carbocycles. The number of benzene rings is 2. The number of nitrogens with zero attached hydrogens (tertiary/aromatic N) is 2. The van der Waals surface area contributed by atoms with Crippen LogP contribution in [-0.4, -0.2) is 54.0 Å². The predicted octanol–water partition coefficient (Wildman–Crippen LogP) is 4.27. The van der Waals surface area contributed by atoms with Crippen LogP contribution >= 0.6 is 11.8 Å². The average molecular weight is 412 g/mol. The van der Waals surface area contributed by atoms with Gasteiger partial charge in [0.15, 0.2) is 0 Å². The molecule has 2 aromatic rings. The zero-order chi connectivity index (χ0) is 20.7. The van der Waals surface area contributed by atoms with Gasteiger partial charge in [0.05, 0.1) is 0 Å². The van der Waals surface area contributed by atoms with E-state index in [1.165, 1.54) is 11.3 Å². The number of amides is 1. The second kappa shape index (κ2) is 10.2. The van der Waals surface area contributed by atoms with Crippen molar-refractivity contribution in [2.75, 3.05) is 43.4 Å². The number of carbonyl (C=O) groups is 1. The lowest BCUT2D eigenvalue weighted by atomic mass is 10.1. The number of nitrogens with one attached hydrogen (secondary N) is 1. The van der Waals surface area contributed by atoms with E-state index in [0.717, 1.165) is 44.0 Å². The van der Waals surface area contributed by atoms with Crippen molar-refractivity contribution in [1.29, 1.82) is 0 Å². The van der Waals surface area contributed by atoms with Gasteiger partial charge in [0, 0.05) is 61.0 Å². The molecule has 0 aromatic heterocycles. The molecule has 1 saturated heterocycles. The van der Waals surface area contributed by atoms with Gasteiger partial charge in [-0.3, -0.25) is 9.69 Å².